The van der Waals surface area contributed by atoms with Gasteiger partial charge in [0.2, 0.25) is 0 Å². The van der Waals surface area contributed by atoms with E-state index < -0.39 is 12.1 Å². The quantitative estimate of drug-likeness (QED) is 0.555. The average molecular weight is 319 g/mol. The van der Waals surface area contributed by atoms with E-state index in [-0.39, 0.29) is 5.91 Å². The van der Waals surface area contributed by atoms with Crippen molar-refractivity contribution < 1.29 is 14.7 Å². The van der Waals surface area contributed by atoms with Crippen molar-refractivity contribution in [2.45, 2.75) is 51.6 Å². The third kappa shape index (κ3) is 4.96. The van der Waals surface area contributed by atoms with E-state index in [1.54, 1.807) is 0 Å². The molecule has 0 fully saturated rings. The van der Waals surface area contributed by atoms with Crippen molar-refractivity contribution in [2.24, 2.45) is 0 Å². The highest BCUT2D eigenvalue weighted by atomic mass is 16.4. The zero-order valence-electron chi connectivity index (χ0n) is 13.5. The molecule has 1 aliphatic rings. The van der Waals surface area contributed by atoms with Gasteiger partial charge < -0.3 is 10.4 Å². The van der Waals surface area contributed by atoms with Gasteiger partial charge in [-0.2, -0.15) is 0 Å². The molecule has 0 bridgehead atoms. The first-order valence-corrected chi connectivity index (χ1v) is 8.23. The van der Waals surface area contributed by atoms with Gasteiger partial charge >= 0.3 is 6.09 Å². The van der Waals surface area contributed by atoms with E-state index >= 15 is 0 Å². The number of amides is 2. The van der Waals surface area contributed by atoms with Gasteiger partial charge in [-0.25, -0.2) is 9.80 Å². The maximum absolute atomic E-state index is 12.3. The molecule has 2 rings (SSSR count). The molecule has 1 aromatic rings. The number of benzene rings is 1. The molecule has 0 saturated heterocycles. The smallest absolute Gasteiger partial charge is 0.426 e. The van der Waals surface area contributed by atoms with Crippen LogP contribution in [0.2, 0.25) is 0 Å². The molecule has 0 aliphatic carbocycles. The molecule has 126 valence electrons. The molecule has 1 aromatic carbocycles. The van der Waals surface area contributed by atoms with E-state index in [1.165, 1.54) is 5.56 Å². The first kappa shape index (κ1) is 17.3. The minimum atomic E-state index is -1.12. The zero-order chi connectivity index (χ0) is 16.7. The second-order valence-corrected chi connectivity index (χ2v) is 5.88. The Morgan fingerprint density at radius 1 is 1.26 bits per heavy atom. The second-order valence-electron chi connectivity index (χ2n) is 5.88. The lowest BCUT2D eigenvalue weighted by Gasteiger charge is -2.28. The van der Waals surface area contributed by atoms with E-state index in [1.807, 2.05) is 24.3 Å². The van der Waals surface area contributed by atoms with Crippen LogP contribution in [-0.4, -0.2) is 34.7 Å². The third-order valence-electron chi connectivity index (χ3n) is 4.11. The van der Waals surface area contributed by atoms with Gasteiger partial charge in [0.25, 0.3) is 5.91 Å². The number of hydrogen-bond acceptors (Lipinski definition) is 3. The number of nitrogens with zero attached hydrogens (tertiary/aromatic N) is 1. The Balaban J connectivity index is 1.88. The van der Waals surface area contributed by atoms with Gasteiger partial charge in [0.05, 0.1) is 6.04 Å². The lowest BCUT2D eigenvalue weighted by Crippen LogP contribution is -2.54. The van der Waals surface area contributed by atoms with Crippen LogP contribution in [0.25, 0.3) is 0 Å². The molecular formula is C17H25N3O3. The molecule has 1 aliphatic heterocycles. The average Bonchev–Trinajstić information content (AvgIpc) is 2.56. The van der Waals surface area contributed by atoms with Gasteiger partial charge in [0.1, 0.15) is 0 Å². The Morgan fingerprint density at radius 2 is 2.00 bits per heavy atom. The van der Waals surface area contributed by atoms with Gasteiger partial charge in [-0.15, -0.1) is 0 Å². The van der Waals surface area contributed by atoms with Crippen molar-refractivity contribution in [2.75, 3.05) is 6.54 Å². The van der Waals surface area contributed by atoms with E-state index in [4.69, 9.17) is 0 Å². The molecule has 1 heterocycles. The fourth-order valence-electron chi connectivity index (χ4n) is 2.75. The number of hydrogen-bond donors (Lipinski definition) is 3. The van der Waals surface area contributed by atoms with Crippen molar-refractivity contribution in [1.29, 1.82) is 0 Å². The minimum Gasteiger partial charge on any atom is -0.464 e. The number of carboxylic acid groups (broad SMARTS) is 1. The van der Waals surface area contributed by atoms with Crippen LogP contribution in [0.1, 0.15) is 43.7 Å². The van der Waals surface area contributed by atoms with Crippen LogP contribution in [0.5, 0.6) is 0 Å². The summed E-state index contributed by atoms with van der Waals surface area (Å²) in [6.45, 7) is 3.05. The molecule has 1 unspecified atom stereocenters. The van der Waals surface area contributed by atoms with E-state index in [2.05, 4.69) is 17.7 Å². The van der Waals surface area contributed by atoms with Crippen molar-refractivity contribution in [3.05, 3.63) is 35.4 Å². The standard InChI is InChI=1S/C17H25N3O3/c1-2-3-4-7-10-20(17(22)23)19-16(21)15-11-13-8-5-6-9-14(13)12-18-15/h5-6,8-9,15,18H,2-4,7,10-12H2,1H3,(H,19,21)(H,22,23). The van der Waals surface area contributed by atoms with Crippen molar-refractivity contribution in [3.63, 3.8) is 0 Å². The highest BCUT2D eigenvalue weighted by Gasteiger charge is 2.26. The second kappa shape index (κ2) is 8.53. The number of rotatable bonds is 6. The summed E-state index contributed by atoms with van der Waals surface area (Å²) in [5.74, 6) is -0.294. The van der Waals surface area contributed by atoms with Crippen molar-refractivity contribution in [3.8, 4) is 0 Å². The van der Waals surface area contributed by atoms with Crippen LogP contribution in [0.3, 0.4) is 0 Å². The Morgan fingerprint density at radius 3 is 2.70 bits per heavy atom. The predicted octanol–water partition coefficient (Wildman–Crippen LogP) is 2.29. The van der Waals surface area contributed by atoms with Gasteiger partial charge in [-0.3, -0.25) is 10.2 Å². The fraction of sp³-hybridized carbons (Fsp3) is 0.529. The molecule has 0 spiro atoms. The SMILES string of the molecule is CCCCCCN(NC(=O)C1Cc2ccccc2CN1)C(=O)O. The van der Waals surface area contributed by atoms with Crippen LogP contribution >= 0.6 is 0 Å². The maximum atomic E-state index is 12.3. The van der Waals surface area contributed by atoms with Crippen LogP contribution < -0.4 is 10.7 Å². The van der Waals surface area contributed by atoms with Gasteiger partial charge in [-0.1, -0.05) is 50.5 Å². The first-order valence-electron chi connectivity index (χ1n) is 8.23. The largest absolute Gasteiger partial charge is 0.464 e. The monoisotopic (exact) mass is 319 g/mol. The topological polar surface area (TPSA) is 81.7 Å². The summed E-state index contributed by atoms with van der Waals surface area (Å²) in [6, 6.07) is 7.58. The van der Waals surface area contributed by atoms with Gasteiger partial charge in [0, 0.05) is 13.1 Å². The van der Waals surface area contributed by atoms with E-state index in [9.17, 15) is 14.7 Å². The minimum absolute atomic E-state index is 0.294. The van der Waals surface area contributed by atoms with Crippen LogP contribution in [-0.2, 0) is 17.8 Å². The molecule has 6 nitrogen and oxygen atoms in total. The van der Waals surface area contributed by atoms with Crippen LogP contribution in [0.15, 0.2) is 24.3 Å². The summed E-state index contributed by atoms with van der Waals surface area (Å²) < 4.78 is 0. The Bertz CT molecular complexity index is 548. The lowest BCUT2D eigenvalue weighted by molar-refractivity contribution is -0.127. The summed E-state index contributed by atoms with van der Waals surface area (Å²) >= 11 is 0. The Hall–Kier alpha value is -2.08. The molecule has 0 saturated carbocycles. The number of nitrogens with one attached hydrogen (secondary N) is 2. The number of fused-ring (bicyclic) bond motifs is 1. The number of carbonyl (C=O) groups is 2. The molecule has 0 aromatic heterocycles. The molecule has 0 radical (unpaired) electrons. The molecular weight excluding hydrogens is 294 g/mol. The molecule has 2 amide bonds. The summed E-state index contributed by atoms with van der Waals surface area (Å²) in [7, 11) is 0. The highest BCUT2D eigenvalue weighted by Crippen LogP contribution is 2.16. The summed E-state index contributed by atoms with van der Waals surface area (Å²) in [6.07, 6.45) is 3.33. The lowest BCUT2D eigenvalue weighted by atomic mass is 9.96. The summed E-state index contributed by atoms with van der Waals surface area (Å²) in [5.41, 5.74) is 4.85. The number of hydrazine groups is 1. The van der Waals surface area contributed by atoms with E-state index in [0.29, 0.717) is 19.5 Å². The predicted molar refractivity (Wildman–Crippen MR) is 87.8 cm³/mol. The summed E-state index contributed by atoms with van der Waals surface area (Å²) in [4.78, 5) is 23.6. The number of unbranched alkanes of at least 4 members (excludes halogenated alkanes) is 3. The fourth-order valence-corrected chi connectivity index (χ4v) is 2.75. The molecule has 1 atom stereocenters. The zero-order valence-corrected chi connectivity index (χ0v) is 13.5. The van der Waals surface area contributed by atoms with Gasteiger partial charge in [0.15, 0.2) is 0 Å². The van der Waals surface area contributed by atoms with E-state index in [0.717, 1.165) is 36.3 Å². The maximum Gasteiger partial charge on any atom is 0.426 e. The van der Waals surface area contributed by atoms with Gasteiger partial charge in [-0.05, 0) is 24.0 Å². The van der Waals surface area contributed by atoms with Crippen LogP contribution in [0, 0.1) is 0 Å². The Labute approximate surface area is 136 Å². The Kier molecular flexibility index (Phi) is 6.40. The third-order valence-corrected chi connectivity index (χ3v) is 4.11. The first-order chi connectivity index (χ1) is 11.1. The van der Waals surface area contributed by atoms with Crippen molar-refractivity contribution in [1.82, 2.24) is 15.8 Å². The summed E-state index contributed by atoms with van der Waals surface area (Å²) in [5, 5.41) is 13.4. The molecule has 23 heavy (non-hydrogen) atoms. The highest BCUT2D eigenvalue weighted by molar-refractivity contribution is 5.84. The normalized spacial score (nSPS) is 16.5. The van der Waals surface area contributed by atoms with Crippen molar-refractivity contribution >= 4 is 12.0 Å². The molecule has 6 heteroatoms. The molecule has 3 N–H and O–H groups in total. The number of carbonyl (C=O) groups excluding carboxylic acids is 1. The van der Waals surface area contributed by atoms with Crippen LogP contribution in [0.4, 0.5) is 4.79 Å².